The molecule has 0 aliphatic carbocycles. The van der Waals surface area contributed by atoms with E-state index in [0.29, 0.717) is 24.3 Å². The highest BCUT2D eigenvalue weighted by Crippen LogP contribution is 2.06. The number of rotatable bonds is 6. The Morgan fingerprint density at radius 1 is 0.846 bits per heavy atom. The lowest BCUT2D eigenvalue weighted by atomic mass is 10.5. The maximum atomic E-state index is 8.40. The van der Waals surface area contributed by atoms with Crippen LogP contribution < -0.4 is 0 Å². The van der Waals surface area contributed by atoms with Gasteiger partial charge in [-0.05, 0) is 11.5 Å². The summed E-state index contributed by atoms with van der Waals surface area (Å²) in [5.41, 5.74) is 0. The molecule has 0 aromatic rings. The van der Waals surface area contributed by atoms with Crippen molar-refractivity contribution >= 4 is 11.8 Å². The van der Waals surface area contributed by atoms with Crippen molar-refractivity contribution in [2.45, 2.75) is 25.4 Å². The summed E-state index contributed by atoms with van der Waals surface area (Å²) in [6.07, 6.45) is -1.85. The zero-order valence-corrected chi connectivity index (χ0v) is 8.41. The van der Waals surface area contributed by atoms with Gasteiger partial charge < -0.3 is 20.4 Å². The summed E-state index contributed by atoms with van der Waals surface area (Å²) in [5.74, 6) is 1.26. The minimum absolute atomic E-state index is 0.326. The second-order valence-corrected chi connectivity index (χ2v) is 3.38. The van der Waals surface area contributed by atoms with E-state index in [4.69, 9.17) is 20.4 Å². The number of hydrogen-bond donors (Lipinski definition) is 4. The minimum Gasteiger partial charge on any atom is -0.368 e. The topological polar surface area (TPSA) is 80.9 Å². The van der Waals surface area contributed by atoms with E-state index in [0.717, 1.165) is 0 Å². The van der Waals surface area contributed by atoms with Crippen LogP contribution in [0.4, 0.5) is 0 Å². The van der Waals surface area contributed by atoms with Gasteiger partial charge in [-0.1, -0.05) is 0 Å². The summed E-state index contributed by atoms with van der Waals surface area (Å²) >= 11 is 1.47. The van der Waals surface area contributed by atoms with Crippen molar-refractivity contribution in [3.05, 3.63) is 13.2 Å². The molecule has 5 heteroatoms. The molecule has 4 N–H and O–H groups in total. The van der Waals surface area contributed by atoms with Crippen LogP contribution in [-0.4, -0.2) is 44.5 Å². The van der Waals surface area contributed by atoms with E-state index in [1.165, 1.54) is 11.8 Å². The van der Waals surface area contributed by atoms with Gasteiger partial charge >= 0.3 is 0 Å². The molecule has 0 aliphatic heterocycles. The molecule has 0 heterocycles. The SMILES string of the molecule is C=C.OC(O)CCSCCC(O)O. The minimum atomic E-state index is -1.25. The van der Waals surface area contributed by atoms with Crippen molar-refractivity contribution in [3.8, 4) is 0 Å². The fourth-order valence-corrected chi connectivity index (χ4v) is 1.44. The Kier molecular flexibility index (Phi) is 14.1. The summed E-state index contributed by atoms with van der Waals surface area (Å²) in [6, 6.07) is 0. The van der Waals surface area contributed by atoms with Gasteiger partial charge in [-0.2, -0.15) is 11.8 Å². The van der Waals surface area contributed by atoms with Gasteiger partial charge in [0.15, 0.2) is 12.6 Å². The quantitative estimate of drug-likeness (QED) is 0.280. The first kappa shape index (κ1) is 15.4. The Labute approximate surface area is 82.9 Å². The molecule has 0 unspecified atom stereocenters. The van der Waals surface area contributed by atoms with E-state index in [1.807, 2.05) is 0 Å². The van der Waals surface area contributed by atoms with Crippen LogP contribution in [-0.2, 0) is 0 Å². The molecule has 0 atom stereocenters. The Hall–Kier alpha value is -0.0700. The van der Waals surface area contributed by atoms with Gasteiger partial charge in [0.2, 0.25) is 0 Å². The lowest BCUT2D eigenvalue weighted by Crippen LogP contribution is -2.07. The first-order chi connectivity index (χ1) is 6.13. The first-order valence-corrected chi connectivity index (χ1v) is 5.08. The molecule has 0 saturated carbocycles. The van der Waals surface area contributed by atoms with Gasteiger partial charge in [-0.15, -0.1) is 13.2 Å². The van der Waals surface area contributed by atoms with Gasteiger partial charge in [0.05, 0.1) is 0 Å². The van der Waals surface area contributed by atoms with Crippen molar-refractivity contribution in [1.82, 2.24) is 0 Å². The largest absolute Gasteiger partial charge is 0.368 e. The van der Waals surface area contributed by atoms with Crippen LogP contribution in [0.5, 0.6) is 0 Å². The molecule has 0 aromatic heterocycles. The maximum absolute atomic E-state index is 8.40. The molecule has 0 fully saturated rings. The van der Waals surface area contributed by atoms with Crippen molar-refractivity contribution in [3.63, 3.8) is 0 Å². The highest BCUT2D eigenvalue weighted by Gasteiger charge is 1.99. The Morgan fingerprint density at radius 2 is 1.15 bits per heavy atom. The predicted molar refractivity (Wildman–Crippen MR) is 54.3 cm³/mol. The average Bonchev–Trinajstić information content (AvgIpc) is 2.06. The molecule has 0 bridgehead atoms. The number of hydrogen-bond acceptors (Lipinski definition) is 5. The zero-order chi connectivity index (χ0) is 10.7. The lowest BCUT2D eigenvalue weighted by Gasteiger charge is -2.04. The van der Waals surface area contributed by atoms with Gasteiger partial charge in [0.25, 0.3) is 0 Å². The third-order valence-corrected chi connectivity index (χ3v) is 2.09. The van der Waals surface area contributed by atoms with Crippen LogP contribution in [0, 0.1) is 0 Å². The zero-order valence-electron chi connectivity index (χ0n) is 7.59. The van der Waals surface area contributed by atoms with E-state index in [2.05, 4.69) is 13.2 Å². The summed E-state index contributed by atoms with van der Waals surface area (Å²) in [5, 5.41) is 33.6. The number of aliphatic hydroxyl groups is 4. The van der Waals surface area contributed by atoms with E-state index in [-0.39, 0.29) is 0 Å². The molecule has 13 heavy (non-hydrogen) atoms. The van der Waals surface area contributed by atoms with Gasteiger partial charge in [-0.3, -0.25) is 0 Å². The van der Waals surface area contributed by atoms with Crippen LogP contribution in [0.1, 0.15) is 12.8 Å². The van der Waals surface area contributed by atoms with Crippen molar-refractivity contribution in [1.29, 1.82) is 0 Å². The number of thioether (sulfide) groups is 1. The summed E-state index contributed by atoms with van der Waals surface area (Å²) in [7, 11) is 0. The molecule has 4 nitrogen and oxygen atoms in total. The molecule has 0 aromatic carbocycles. The summed E-state index contributed by atoms with van der Waals surface area (Å²) < 4.78 is 0. The Morgan fingerprint density at radius 3 is 1.38 bits per heavy atom. The fraction of sp³-hybridized carbons (Fsp3) is 0.750. The molecule has 80 valence electrons. The molecular weight excluding hydrogens is 192 g/mol. The first-order valence-electron chi connectivity index (χ1n) is 3.93. The second-order valence-electron chi connectivity index (χ2n) is 2.15. The summed E-state index contributed by atoms with van der Waals surface area (Å²) in [6.45, 7) is 6.00. The molecule has 0 saturated heterocycles. The third-order valence-electron chi connectivity index (χ3n) is 1.04. The van der Waals surface area contributed by atoms with E-state index >= 15 is 0 Å². The van der Waals surface area contributed by atoms with Crippen molar-refractivity contribution < 1.29 is 20.4 Å². The highest BCUT2D eigenvalue weighted by molar-refractivity contribution is 7.99. The molecular formula is C8H18O4S. The van der Waals surface area contributed by atoms with Gasteiger partial charge in [0.1, 0.15) is 0 Å². The Bertz CT molecular complexity index is 88.1. The molecule has 0 spiro atoms. The van der Waals surface area contributed by atoms with Crippen molar-refractivity contribution in [2.24, 2.45) is 0 Å². The third kappa shape index (κ3) is 18.7. The van der Waals surface area contributed by atoms with Crippen LogP contribution in [0.15, 0.2) is 13.2 Å². The molecule has 0 radical (unpaired) electrons. The maximum Gasteiger partial charge on any atom is 0.152 e. The van der Waals surface area contributed by atoms with Crippen LogP contribution in [0.2, 0.25) is 0 Å². The molecule has 0 amide bonds. The molecule has 0 rings (SSSR count). The monoisotopic (exact) mass is 210 g/mol. The van der Waals surface area contributed by atoms with E-state index in [9.17, 15) is 0 Å². The second kappa shape index (κ2) is 11.9. The molecule has 0 aliphatic rings. The Balaban J connectivity index is 0. The summed E-state index contributed by atoms with van der Waals surface area (Å²) in [4.78, 5) is 0. The predicted octanol–water partition coefficient (Wildman–Crippen LogP) is -0.0766. The van der Waals surface area contributed by atoms with Crippen molar-refractivity contribution in [2.75, 3.05) is 11.5 Å². The van der Waals surface area contributed by atoms with Gasteiger partial charge in [-0.25, -0.2) is 0 Å². The normalized spacial score (nSPS) is 10.0. The van der Waals surface area contributed by atoms with Gasteiger partial charge in [0, 0.05) is 12.8 Å². The fourth-order valence-electron chi connectivity index (χ4n) is 0.480. The average molecular weight is 210 g/mol. The number of aliphatic hydroxyl groups excluding tert-OH is 2. The lowest BCUT2D eigenvalue weighted by molar-refractivity contribution is -0.0407. The van der Waals surface area contributed by atoms with Crippen LogP contribution >= 0.6 is 11.8 Å². The highest BCUT2D eigenvalue weighted by atomic mass is 32.2. The standard InChI is InChI=1S/C6H14O4S.C2H4/c7-5(8)1-3-11-4-2-6(9)10;1-2/h5-10H,1-4H2;1-2H2. The van der Waals surface area contributed by atoms with E-state index in [1.54, 1.807) is 0 Å². The smallest absolute Gasteiger partial charge is 0.152 e. The van der Waals surface area contributed by atoms with E-state index < -0.39 is 12.6 Å². The van der Waals surface area contributed by atoms with Crippen LogP contribution in [0.3, 0.4) is 0 Å². The van der Waals surface area contributed by atoms with Crippen LogP contribution in [0.25, 0.3) is 0 Å².